The third-order valence-electron chi connectivity index (χ3n) is 3.44. The number of sulfonamides is 1. The Morgan fingerprint density at radius 3 is 2.21 bits per heavy atom. The molecule has 0 heterocycles. The van der Waals surface area contributed by atoms with E-state index in [0.717, 1.165) is 12.0 Å². The molecule has 0 aliphatic rings. The topological polar surface area (TPSA) is 84.5 Å². The van der Waals surface area contributed by atoms with E-state index in [4.69, 9.17) is 4.74 Å². The zero-order chi connectivity index (χ0) is 17.6. The summed E-state index contributed by atoms with van der Waals surface area (Å²) in [7, 11) is -2.16. The maximum absolute atomic E-state index is 12.2. The predicted molar refractivity (Wildman–Crippen MR) is 92.6 cm³/mol. The molecular weight excluding hydrogens is 328 g/mol. The number of benzene rings is 2. The highest BCUT2D eigenvalue weighted by Gasteiger charge is 2.15. The number of hydrogen-bond donors (Lipinski definition) is 2. The summed E-state index contributed by atoms with van der Waals surface area (Å²) >= 11 is 0. The molecule has 24 heavy (non-hydrogen) atoms. The lowest BCUT2D eigenvalue weighted by Gasteiger charge is -2.09. The number of hydrogen-bond acceptors (Lipinski definition) is 4. The first kappa shape index (κ1) is 18.0. The van der Waals surface area contributed by atoms with Gasteiger partial charge < -0.3 is 10.1 Å². The molecule has 0 spiro atoms. The van der Waals surface area contributed by atoms with Crippen molar-refractivity contribution in [3.8, 4) is 5.75 Å². The standard InChI is InChI=1S/C17H20N2O4S/c1-3-13-4-10-16(11-5-13)24(21,22)18-12-17(20)19-14-6-8-15(23-2)9-7-14/h4-11,18H,3,12H2,1-2H3,(H,19,20). The molecule has 0 aromatic heterocycles. The maximum atomic E-state index is 12.2. The van der Waals surface area contributed by atoms with Crippen LogP contribution in [0.5, 0.6) is 5.75 Å². The summed E-state index contributed by atoms with van der Waals surface area (Å²) < 4.78 is 31.6. The van der Waals surface area contributed by atoms with Gasteiger partial charge in [-0.25, -0.2) is 13.1 Å². The van der Waals surface area contributed by atoms with Crippen molar-refractivity contribution in [1.82, 2.24) is 4.72 Å². The molecular formula is C17H20N2O4S. The van der Waals surface area contributed by atoms with Crippen molar-refractivity contribution in [3.63, 3.8) is 0 Å². The summed E-state index contributed by atoms with van der Waals surface area (Å²) in [4.78, 5) is 12.0. The average Bonchev–Trinajstić information content (AvgIpc) is 2.61. The van der Waals surface area contributed by atoms with Gasteiger partial charge in [0.15, 0.2) is 0 Å². The summed E-state index contributed by atoms with van der Waals surface area (Å²) in [6.45, 7) is 1.65. The summed E-state index contributed by atoms with van der Waals surface area (Å²) in [5, 5.41) is 2.61. The van der Waals surface area contributed by atoms with Gasteiger partial charge in [-0.1, -0.05) is 19.1 Å². The van der Waals surface area contributed by atoms with Crippen LogP contribution in [0.3, 0.4) is 0 Å². The first-order valence-corrected chi connectivity index (χ1v) is 8.95. The van der Waals surface area contributed by atoms with Gasteiger partial charge in [0.2, 0.25) is 15.9 Å². The second-order valence-corrected chi connectivity index (χ2v) is 6.87. The quantitative estimate of drug-likeness (QED) is 0.803. The molecule has 0 saturated carbocycles. The van der Waals surface area contributed by atoms with Crippen LogP contribution in [0.25, 0.3) is 0 Å². The Bertz CT molecular complexity index is 784. The lowest BCUT2D eigenvalue weighted by Crippen LogP contribution is -2.32. The van der Waals surface area contributed by atoms with Gasteiger partial charge in [-0.2, -0.15) is 0 Å². The van der Waals surface area contributed by atoms with Gasteiger partial charge in [-0.15, -0.1) is 0 Å². The van der Waals surface area contributed by atoms with E-state index in [2.05, 4.69) is 10.0 Å². The Morgan fingerprint density at radius 2 is 1.67 bits per heavy atom. The van der Waals surface area contributed by atoms with Crippen molar-refractivity contribution in [3.05, 3.63) is 54.1 Å². The average molecular weight is 348 g/mol. The molecule has 0 bridgehead atoms. The van der Waals surface area contributed by atoms with Gasteiger partial charge in [0.25, 0.3) is 0 Å². The van der Waals surface area contributed by atoms with E-state index in [0.29, 0.717) is 11.4 Å². The van der Waals surface area contributed by atoms with E-state index in [1.165, 1.54) is 12.1 Å². The number of nitrogens with one attached hydrogen (secondary N) is 2. The minimum Gasteiger partial charge on any atom is -0.497 e. The third kappa shape index (κ3) is 4.81. The number of methoxy groups -OCH3 is 1. The van der Waals surface area contributed by atoms with Gasteiger partial charge >= 0.3 is 0 Å². The van der Waals surface area contributed by atoms with Crippen molar-refractivity contribution in [2.45, 2.75) is 18.2 Å². The first-order valence-electron chi connectivity index (χ1n) is 7.47. The number of rotatable bonds is 7. The van der Waals surface area contributed by atoms with Gasteiger partial charge in [0, 0.05) is 5.69 Å². The molecule has 0 saturated heterocycles. The van der Waals surface area contributed by atoms with Gasteiger partial charge in [-0.05, 0) is 48.4 Å². The lowest BCUT2D eigenvalue weighted by molar-refractivity contribution is -0.115. The van der Waals surface area contributed by atoms with Crippen LogP contribution in [-0.2, 0) is 21.2 Å². The third-order valence-corrected chi connectivity index (χ3v) is 4.86. The maximum Gasteiger partial charge on any atom is 0.241 e. The fourth-order valence-electron chi connectivity index (χ4n) is 2.03. The molecule has 0 unspecified atom stereocenters. The SMILES string of the molecule is CCc1ccc(S(=O)(=O)NCC(=O)Nc2ccc(OC)cc2)cc1. The summed E-state index contributed by atoms with van der Waals surface area (Å²) in [6, 6.07) is 13.3. The highest BCUT2D eigenvalue weighted by Crippen LogP contribution is 2.15. The van der Waals surface area contributed by atoms with Crippen LogP contribution in [0.1, 0.15) is 12.5 Å². The molecule has 6 nitrogen and oxygen atoms in total. The summed E-state index contributed by atoms with van der Waals surface area (Å²) in [5.41, 5.74) is 1.61. The van der Waals surface area contributed by atoms with Crippen molar-refractivity contribution in [2.75, 3.05) is 19.0 Å². The monoisotopic (exact) mass is 348 g/mol. The highest BCUT2D eigenvalue weighted by molar-refractivity contribution is 7.89. The van der Waals surface area contributed by atoms with Gasteiger partial charge in [-0.3, -0.25) is 4.79 Å². The van der Waals surface area contributed by atoms with Crippen molar-refractivity contribution >= 4 is 21.6 Å². The number of anilines is 1. The van der Waals surface area contributed by atoms with Crippen LogP contribution in [-0.4, -0.2) is 28.0 Å². The van der Waals surface area contributed by atoms with E-state index in [9.17, 15) is 13.2 Å². The van der Waals surface area contributed by atoms with E-state index >= 15 is 0 Å². The largest absolute Gasteiger partial charge is 0.497 e. The van der Waals surface area contributed by atoms with Gasteiger partial charge in [0.05, 0.1) is 18.6 Å². The molecule has 128 valence electrons. The van der Waals surface area contributed by atoms with E-state index in [1.54, 1.807) is 43.5 Å². The molecule has 0 aliphatic carbocycles. The van der Waals surface area contributed by atoms with Crippen LogP contribution in [0.2, 0.25) is 0 Å². The van der Waals surface area contributed by atoms with E-state index < -0.39 is 15.9 Å². The fourth-order valence-corrected chi connectivity index (χ4v) is 3.01. The number of aryl methyl sites for hydroxylation is 1. The molecule has 2 aromatic carbocycles. The number of ether oxygens (including phenoxy) is 1. The van der Waals surface area contributed by atoms with Crippen LogP contribution in [0.4, 0.5) is 5.69 Å². The molecule has 2 rings (SSSR count). The predicted octanol–water partition coefficient (Wildman–Crippen LogP) is 2.17. The molecule has 0 fully saturated rings. The van der Waals surface area contributed by atoms with Crippen LogP contribution >= 0.6 is 0 Å². The van der Waals surface area contributed by atoms with Crippen LogP contribution in [0.15, 0.2) is 53.4 Å². The Hall–Kier alpha value is -2.38. The van der Waals surface area contributed by atoms with Gasteiger partial charge in [0.1, 0.15) is 5.75 Å². The zero-order valence-corrected chi connectivity index (χ0v) is 14.4. The van der Waals surface area contributed by atoms with Crippen LogP contribution in [0, 0.1) is 0 Å². The molecule has 2 N–H and O–H groups in total. The zero-order valence-electron chi connectivity index (χ0n) is 13.6. The molecule has 7 heteroatoms. The normalized spacial score (nSPS) is 11.1. The molecule has 2 aromatic rings. The first-order chi connectivity index (χ1) is 11.4. The second kappa shape index (κ2) is 7.94. The Kier molecular flexibility index (Phi) is 5.94. The number of carbonyl (C=O) groups is 1. The Labute approximate surface area is 141 Å². The molecule has 0 radical (unpaired) electrons. The van der Waals surface area contributed by atoms with E-state index in [1.807, 2.05) is 6.92 Å². The minimum atomic E-state index is -3.71. The molecule has 0 aliphatic heterocycles. The van der Waals surface area contributed by atoms with Crippen molar-refractivity contribution in [1.29, 1.82) is 0 Å². The molecule has 0 atom stereocenters. The Balaban J connectivity index is 1.93. The summed E-state index contributed by atoms with van der Waals surface area (Å²) in [6.07, 6.45) is 0.831. The summed E-state index contributed by atoms with van der Waals surface area (Å²) in [5.74, 6) is 0.221. The fraction of sp³-hybridized carbons (Fsp3) is 0.235. The smallest absolute Gasteiger partial charge is 0.241 e. The van der Waals surface area contributed by atoms with Crippen molar-refractivity contribution in [2.24, 2.45) is 0 Å². The van der Waals surface area contributed by atoms with E-state index in [-0.39, 0.29) is 11.4 Å². The second-order valence-electron chi connectivity index (χ2n) is 5.10. The van der Waals surface area contributed by atoms with Crippen molar-refractivity contribution < 1.29 is 17.9 Å². The number of amides is 1. The Morgan fingerprint density at radius 1 is 1.04 bits per heavy atom. The highest BCUT2D eigenvalue weighted by atomic mass is 32.2. The number of carbonyl (C=O) groups excluding carboxylic acids is 1. The lowest BCUT2D eigenvalue weighted by atomic mass is 10.2. The van der Waals surface area contributed by atoms with Crippen LogP contribution < -0.4 is 14.8 Å². The molecule has 1 amide bonds. The minimum absolute atomic E-state index is 0.136.